The first kappa shape index (κ1) is 15.6. The fraction of sp³-hybridized carbons (Fsp3) is 0.167. The molecule has 0 radical (unpaired) electrons. The first-order valence-electron chi connectivity index (χ1n) is 7.09. The molecular weight excluding hydrogens is 278 g/mol. The van der Waals surface area contributed by atoms with Crippen LogP contribution in [0, 0.1) is 0 Å². The average Bonchev–Trinajstić information content (AvgIpc) is 2.53. The van der Waals surface area contributed by atoms with Gasteiger partial charge in [-0.1, -0.05) is 24.3 Å². The summed E-state index contributed by atoms with van der Waals surface area (Å²) < 4.78 is 5.74. The van der Waals surface area contributed by atoms with E-state index in [1.807, 2.05) is 59.5 Å². The minimum Gasteiger partial charge on any atom is -0.481 e. The van der Waals surface area contributed by atoms with Crippen LogP contribution >= 0.6 is 0 Å². The second-order valence-corrected chi connectivity index (χ2v) is 4.79. The van der Waals surface area contributed by atoms with Crippen LogP contribution in [-0.2, 0) is 4.79 Å². The number of aliphatic carboxylic acids is 1. The van der Waals surface area contributed by atoms with Gasteiger partial charge in [-0.15, -0.1) is 6.58 Å². The van der Waals surface area contributed by atoms with Gasteiger partial charge in [0.05, 0.1) is 6.42 Å². The second kappa shape index (κ2) is 7.88. The van der Waals surface area contributed by atoms with Crippen molar-refractivity contribution in [3.8, 4) is 11.5 Å². The van der Waals surface area contributed by atoms with Gasteiger partial charge in [0.2, 0.25) is 0 Å². The molecule has 0 aromatic heterocycles. The van der Waals surface area contributed by atoms with Gasteiger partial charge in [0, 0.05) is 18.8 Å². The fourth-order valence-corrected chi connectivity index (χ4v) is 2.06. The van der Waals surface area contributed by atoms with Crippen molar-refractivity contribution < 1.29 is 14.6 Å². The van der Waals surface area contributed by atoms with E-state index in [1.54, 1.807) is 6.08 Å². The van der Waals surface area contributed by atoms with Crippen LogP contribution in [-0.4, -0.2) is 24.2 Å². The quantitative estimate of drug-likeness (QED) is 0.750. The highest BCUT2D eigenvalue weighted by molar-refractivity contribution is 5.67. The summed E-state index contributed by atoms with van der Waals surface area (Å²) in [6, 6.07) is 17.1. The third-order valence-electron chi connectivity index (χ3n) is 3.13. The van der Waals surface area contributed by atoms with E-state index in [9.17, 15) is 4.79 Å². The Kier molecular flexibility index (Phi) is 5.60. The Morgan fingerprint density at radius 1 is 1.09 bits per heavy atom. The lowest BCUT2D eigenvalue weighted by atomic mass is 10.2. The van der Waals surface area contributed by atoms with E-state index < -0.39 is 5.97 Å². The van der Waals surface area contributed by atoms with E-state index in [2.05, 4.69) is 6.58 Å². The van der Waals surface area contributed by atoms with Crippen LogP contribution in [0.4, 0.5) is 5.69 Å². The molecule has 0 heterocycles. The minimum absolute atomic E-state index is 0.0934. The van der Waals surface area contributed by atoms with Gasteiger partial charge in [0.25, 0.3) is 0 Å². The number of carboxylic acid groups (broad SMARTS) is 1. The first-order chi connectivity index (χ1) is 10.7. The summed E-state index contributed by atoms with van der Waals surface area (Å²) in [6.45, 7) is 4.76. The van der Waals surface area contributed by atoms with Crippen LogP contribution in [0.5, 0.6) is 11.5 Å². The molecule has 0 aliphatic heterocycles. The van der Waals surface area contributed by atoms with E-state index in [4.69, 9.17) is 9.84 Å². The highest BCUT2D eigenvalue weighted by Crippen LogP contribution is 2.24. The number of para-hydroxylation sites is 1. The second-order valence-electron chi connectivity index (χ2n) is 4.79. The third-order valence-corrected chi connectivity index (χ3v) is 3.13. The van der Waals surface area contributed by atoms with Gasteiger partial charge in [-0.05, 0) is 36.4 Å². The maximum Gasteiger partial charge on any atom is 0.305 e. The van der Waals surface area contributed by atoms with E-state index in [0.717, 1.165) is 17.2 Å². The number of hydrogen-bond donors (Lipinski definition) is 1. The van der Waals surface area contributed by atoms with Crippen LogP contribution in [0.2, 0.25) is 0 Å². The predicted molar refractivity (Wildman–Crippen MR) is 87.6 cm³/mol. The standard InChI is InChI=1S/C18H19NO3/c1-2-13-19(14-12-18(20)21)15-8-10-17(11-9-15)22-16-6-4-3-5-7-16/h2-11H,1,12-14H2,(H,20,21). The van der Waals surface area contributed by atoms with Crippen molar-refractivity contribution in [3.63, 3.8) is 0 Å². The molecule has 114 valence electrons. The number of rotatable bonds is 8. The number of hydrogen-bond acceptors (Lipinski definition) is 3. The molecule has 0 aliphatic carbocycles. The van der Waals surface area contributed by atoms with Crippen molar-refractivity contribution in [1.82, 2.24) is 0 Å². The smallest absolute Gasteiger partial charge is 0.305 e. The highest BCUT2D eigenvalue weighted by Gasteiger charge is 2.07. The van der Waals surface area contributed by atoms with Gasteiger partial charge < -0.3 is 14.7 Å². The van der Waals surface area contributed by atoms with Gasteiger partial charge in [-0.3, -0.25) is 4.79 Å². The lowest BCUT2D eigenvalue weighted by Gasteiger charge is -2.22. The maximum absolute atomic E-state index is 10.7. The molecule has 22 heavy (non-hydrogen) atoms. The van der Waals surface area contributed by atoms with Crippen molar-refractivity contribution in [1.29, 1.82) is 0 Å². The summed E-state index contributed by atoms with van der Waals surface area (Å²) in [5, 5.41) is 8.81. The summed E-state index contributed by atoms with van der Waals surface area (Å²) in [4.78, 5) is 12.7. The minimum atomic E-state index is -0.807. The molecule has 2 aromatic rings. The van der Waals surface area contributed by atoms with Crippen molar-refractivity contribution in [2.75, 3.05) is 18.0 Å². The predicted octanol–water partition coefficient (Wildman–Crippen LogP) is 3.95. The van der Waals surface area contributed by atoms with Crippen LogP contribution in [0.3, 0.4) is 0 Å². The highest BCUT2D eigenvalue weighted by atomic mass is 16.5. The zero-order valence-electron chi connectivity index (χ0n) is 12.3. The normalized spacial score (nSPS) is 10.0. The van der Waals surface area contributed by atoms with Crippen LogP contribution in [0.15, 0.2) is 67.3 Å². The Morgan fingerprint density at radius 2 is 1.73 bits per heavy atom. The Labute approximate surface area is 130 Å². The Bertz CT molecular complexity index is 608. The Balaban J connectivity index is 2.05. The first-order valence-corrected chi connectivity index (χ1v) is 7.09. The van der Waals surface area contributed by atoms with Gasteiger partial charge in [-0.25, -0.2) is 0 Å². The summed E-state index contributed by atoms with van der Waals surface area (Å²) >= 11 is 0. The zero-order valence-corrected chi connectivity index (χ0v) is 12.3. The molecule has 0 spiro atoms. The molecule has 4 heteroatoms. The van der Waals surface area contributed by atoms with Crippen molar-refractivity contribution in [2.24, 2.45) is 0 Å². The van der Waals surface area contributed by atoms with Crippen molar-refractivity contribution >= 4 is 11.7 Å². The lowest BCUT2D eigenvalue weighted by Crippen LogP contribution is -2.26. The molecule has 0 fully saturated rings. The fourth-order valence-electron chi connectivity index (χ4n) is 2.06. The van der Waals surface area contributed by atoms with E-state index in [1.165, 1.54) is 0 Å². The number of nitrogens with zero attached hydrogens (tertiary/aromatic N) is 1. The third kappa shape index (κ3) is 4.66. The van der Waals surface area contributed by atoms with Crippen molar-refractivity contribution in [3.05, 3.63) is 67.3 Å². The molecule has 0 amide bonds. The number of ether oxygens (including phenoxy) is 1. The molecule has 1 N–H and O–H groups in total. The number of carboxylic acids is 1. The summed E-state index contributed by atoms with van der Waals surface area (Å²) in [5.41, 5.74) is 0.946. The molecule has 0 saturated heterocycles. The number of anilines is 1. The van der Waals surface area contributed by atoms with Crippen LogP contribution < -0.4 is 9.64 Å². The molecule has 4 nitrogen and oxygen atoms in total. The summed E-state index contributed by atoms with van der Waals surface area (Å²) in [5.74, 6) is 0.717. The van der Waals surface area contributed by atoms with Gasteiger partial charge >= 0.3 is 5.97 Å². The van der Waals surface area contributed by atoms with Crippen LogP contribution in [0.25, 0.3) is 0 Å². The van der Waals surface area contributed by atoms with E-state index in [0.29, 0.717) is 13.1 Å². The van der Waals surface area contributed by atoms with Gasteiger partial charge in [-0.2, -0.15) is 0 Å². The molecule has 0 saturated carbocycles. The molecule has 0 aliphatic rings. The topological polar surface area (TPSA) is 49.8 Å². The number of benzene rings is 2. The molecule has 0 atom stereocenters. The molecule has 2 rings (SSSR count). The summed E-state index contributed by atoms with van der Waals surface area (Å²) in [7, 11) is 0. The molecule has 0 bridgehead atoms. The van der Waals surface area contributed by atoms with E-state index >= 15 is 0 Å². The Hall–Kier alpha value is -2.75. The van der Waals surface area contributed by atoms with E-state index in [-0.39, 0.29) is 6.42 Å². The zero-order chi connectivity index (χ0) is 15.8. The molecule has 2 aromatic carbocycles. The SMILES string of the molecule is C=CCN(CCC(=O)O)c1ccc(Oc2ccccc2)cc1. The lowest BCUT2D eigenvalue weighted by molar-refractivity contribution is -0.136. The van der Waals surface area contributed by atoms with Gasteiger partial charge in [0.15, 0.2) is 0 Å². The Morgan fingerprint density at radius 3 is 2.32 bits per heavy atom. The average molecular weight is 297 g/mol. The van der Waals surface area contributed by atoms with Gasteiger partial charge in [0.1, 0.15) is 11.5 Å². The largest absolute Gasteiger partial charge is 0.481 e. The molecular formula is C18H19NO3. The summed E-state index contributed by atoms with van der Waals surface area (Å²) in [6.07, 6.45) is 1.85. The number of carbonyl (C=O) groups is 1. The van der Waals surface area contributed by atoms with Crippen LogP contribution in [0.1, 0.15) is 6.42 Å². The maximum atomic E-state index is 10.7. The molecule has 0 unspecified atom stereocenters. The van der Waals surface area contributed by atoms with Crippen molar-refractivity contribution in [2.45, 2.75) is 6.42 Å². The monoisotopic (exact) mass is 297 g/mol.